The molecule has 0 radical (unpaired) electrons. The van der Waals surface area contributed by atoms with Crippen LogP contribution >= 0.6 is 11.8 Å². The lowest BCUT2D eigenvalue weighted by Gasteiger charge is -1.91. The SMILES string of the molecule is O=C(O)CSc1n[nH]c(-c2ccnnc2)n1. The fourth-order valence-electron chi connectivity index (χ4n) is 0.997. The molecule has 82 valence electrons. The molecule has 0 aliphatic heterocycles. The van der Waals surface area contributed by atoms with Gasteiger partial charge >= 0.3 is 5.97 Å². The van der Waals surface area contributed by atoms with Crippen molar-refractivity contribution in [2.75, 3.05) is 5.75 Å². The first-order valence-electron chi connectivity index (χ1n) is 4.30. The van der Waals surface area contributed by atoms with Crippen molar-refractivity contribution in [3.8, 4) is 11.4 Å². The summed E-state index contributed by atoms with van der Waals surface area (Å²) in [6.45, 7) is 0. The Labute approximate surface area is 94.3 Å². The van der Waals surface area contributed by atoms with Crippen LogP contribution in [0.1, 0.15) is 0 Å². The highest BCUT2D eigenvalue weighted by Gasteiger charge is 2.07. The fraction of sp³-hybridized carbons (Fsp3) is 0.125. The van der Waals surface area contributed by atoms with Gasteiger partial charge in [0.05, 0.1) is 18.1 Å². The molecule has 8 heteroatoms. The van der Waals surface area contributed by atoms with E-state index in [1.165, 1.54) is 0 Å². The molecule has 0 amide bonds. The van der Waals surface area contributed by atoms with Gasteiger partial charge in [-0.25, -0.2) is 4.98 Å². The number of carboxylic acid groups (broad SMARTS) is 1. The molecule has 2 N–H and O–H groups in total. The van der Waals surface area contributed by atoms with Crippen molar-refractivity contribution in [2.24, 2.45) is 0 Å². The van der Waals surface area contributed by atoms with Gasteiger partial charge in [0.25, 0.3) is 0 Å². The number of aromatic nitrogens is 5. The number of nitrogens with one attached hydrogen (secondary N) is 1. The summed E-state index contributed by atoms with van der Waals surface area (Å²) in [5.41, 5.74) is 0.754. The van der Waals surface area contributed by atoms with E-state index in [9.17, 15) is 4.79 Å². The average Bonchev–Trinajstić information content (AvgIpc) is 2.76. The van der Waals surface area contributed by atoms with Crippen molar-refractivity contribution in [3.63, 3.8) is 0 Å². The molecule has 7 nitrogen and oxygen atoms in total. The lowest BCUT2D eigenvalue weighted by molar-refractivity contribution is -0.133. The zero-order valence-electron chi connectivity index (χ0n) is 7.99. The number of H-pyrrole nitrogens is 1. The Morgan fingerprint density at radius 3 is 3.06 bits per heavy atom. The van der Waals surface area contributed by atoms with Gasteiger partial charge in [-0.05, 0) is 6.07 Å². The number of hydrogen-bond acceptors (Lipinski definition) is 6. The van der Waals surface area contributed by atoms with Crippen molar-refractivity contribution in [1.29, 1.82) is 0 Å². The number of carbonyl (C=O) groups is 1. The smallest absolute Gasteiger partial charge is 0.313 e. The second-order valence-corrected chi connectivity index (χ2v) is 3.72. The van der Waals surface area contributed by atoms with Crippen molar-refractivity contribution in [1.82, 2.24) is 25.4 Å². The molecule has 0 bridgehead atoms. The molecule has 16 heavy (non-hydrogen) atoms. The molecule has 0 fully saturated rings. The highest BCUT2D eigenvalue weighted by molar-refractivity contribution is 7.99. The summed E-state index contributed by atoms with van der Waals surface area (Å²) in [6.07, 6.45) is 3.09. The lowest BCUT2D eigenvalue weighted by atomic mass is 10.3. The van der Waals surface area contributed by atoms with E-state index in [2.05, 4.69) is 25.4 Å². The Morgan fingerprint density at radius 1 is 1.50 bits per heavy atom. The number of rotatable bonds is 4. The Hall–Kier alpha value is -1.96. The molecular formula is C8H7N5O2S. The first kappa shape index (κ1) is 10.6. The van der Waals surface area contributed by atoms with Crippen LogP contribution in [0.5, 0.6) is 0 Å². The van der Waals surface area contributed by atoms with Crippen LogP contribution in [0, 0.1) is 0 Å². The quantitative estimate of drug-likeness (QED) is 0.743. The molecule has 0 atom stereocenters. The molecule has 0 spiro atoms. The van der Waals surface area contributed by atoms with E-state index in [4.69, 9.17) is 5.11 Å². The summed E-state index contributed by atoms with van der Waals surface area (Å²) in [6, 6.07) is 1.74. The van der Waals surface area contributed by atoms with E-state index in [1.54, 1.807) is 18.5 Å². The number of nitrogens with zero attached hydrogens (tertiary/aromatic N) is 4. The molecule has 0 aliphatic carbocycles. The van der Waals surface area contributed by atoms with Gasteiger partial charge in [0.2, 0.25) is 5.16 Å². The summed E-state index contributed by atoms with van der Waals surface area (Å²) in [5.74, 6) is -0.420. The molecule has 2 aromatic heterocycles. The molecule has 0 saturated heterocycles. The number of thioether (sulfide) groups is 1. The summed E-state index contributed by atoms with van der Waals surface area (Å²) < 4.78 is 0. The van der Waals surface area contributed by atoms with Gasteiger partial charge in [-0.1, -0.05) is 11.8 Å². The molecule has 0 aromatic carbocycles. The third kappa shape index (κ3) is 2.54. The molecule has 0 unspecified atom stereocenters. The van der Waals surface area contributed by atoms with Gasteiger partial charge in [0.15, 0.2) is 5.82 Å². The van der Waals surface area contributed by atoms with Gasteiger partial charge < -0.3 is 5.11 Å². The van der Waals surface area contributed by atoms with Crippen LogP contribution in [0.3, 0.4) is 0 Å². The van der Waals surface area contributed by atoms with E-state index < -0.39 is 5.97 Å². The van der Waals surface area contributed by atoms with Crippen molar-refractivity contribution >= 4 is 17.7 Å². The first-order chi connectivity index (χ1) is 7.75. The molecule has 2 rings (SSSR count). The summed E-state index contributed by atoms with van der Waals surface area (Å²) in [7, 11) is 0. The number of carboxylic acids is 1. The first-order valence-corrected chi connectivity index (χ1v) is 5.28. The van der Waals surface area contributed by atoms with Crippen LogP contribution in [-0.2, 0) is 4.79 Å². The van der Waals surface area contributed by atoms with Gasteiger partial charge in [0.1, 0.15) is 0 Å². The van der Waals surface area contributed by atoms with Crippen LogP contribution in [0.15, 0.2) is 23.6 Å². The van der Waals surface area contributed by atoms with Crippen LogP contribution < -0.4 is 0 Å². The Bertz CT molecular complexity index is 486. The maximum absolute atomic E-state index is 10.3. The highest BCUT2D eigenvalue weighted by Crippen LogP contribution is 2.17. The third-order valence-corrected chi connectivity index (χ3v) is 2.48. The minimum absolute atomic E-state index is 0.0636. The maximum Gasteiger partial charge on any atom is 0.313 e. The number of aromatic amines is 1. The monoisotopic (exact) mass is 237 g/mol. The minimum atomic E-state index is -0.901. The topological polar surface area (TPSA) is 105 Å². The molecule has 0 saturated carbocycles. The molecule has 2 heterocycles. The molecule has 2 aromatic rings. The van der Waals surface area contributed by atoms with Gasteiger partial charge in [-0.2, -0.15) is 10.2 Å². The summed E-state index contributed by atoms with van der Waals surface area (Å²) in [5, 5.41) is 22.8. The largest absolute Gasteiger partial charge is 0.481 e. The lowest BCUT2D eigenvalue weighted by Crippen LogP contribution is -1.97. The van der Waals surface area contributed by atoms with Crippen LogP contribution in [0.25, 0.3) is 11.4 Å². The van der Waals surface area contributed by atoms with E-state index in [1.807, 2.05) is 0 Å². The van der Waals surface area contributed by atoms with Crippen LogP contribution in [0.4, 0.5) is 0 Å². The zero-order valence-corrected chi connectivity index (χ0v) is 8.81. The normalized spacial score (nSPS) is 10.2. The average molecular weight is 237 g/mol. The van der Waals surface area contributed by atoms with Crippen molar-refractivity contribution in [3.05, 3.63) is 18.5 Å². The zero-order chi connectivity index (χ0) is 11.4. The summed E-state index contributed by atoms with van der Waals surface area (Å²) in [4.78, 5) is 14.5. The second kappa shape index (κ2) is 4.71. The van der Waals surface area contributed by atoms with E-state index >= 15 is 0 Å². The van der Waals surface area contributed by atoms with Crippen LogP contribution in [-0.4, -0.2) is 42.2 Å². The fourth-order valence-corrected chi connectivity index (χ4v) is 1.52. The Kier molecular flexibility index (Phi) is 3.10. The molecule has 0 aliphatic rings. The maximum atomic E-state index is 10.3. The predicted octanol–water partition coefficient (Wildman–Crippen LogP) is 0.438. The predicted molar refractivity (Wildman–Crippen MR) is 55.8 cm³/mol. The van der Waals surface area contributed by atoms with Crippen LogP contribution in [0.2, 0.25) is 0 Å². The third-order valence-electron chi connectivity index (χ3n) is 1.65. The summed E-state index contributed by atoms with van der Waals surface area (Å²) >= 11 is 1.05. The van der Waals surface area contributed by atoms with Gasteiger partial charge in [-0.15, -0.1) is 5.10 Å². The number of hydrogen-bond donors (Lipinski definition) is 2. The van der Waals surface area contributed by atoms with Crippen molar-refractivity contribution < 1.29 is 9.90 Å². The highest BCUT2D eigenvalue weighted by atomic mass is 32.2. The molecular weight excluding hydrogens is 230 g/mol. The van der Waals surface area contributed by atoms with E-state index in [-0.39, 0.29) is 5.75 Å². The second-order valence-electron chi connectivity index (χ2n) is 2.78. The number of aliphatic carboxylic acids is 1. The van der Waals surface area contributed by atoms with Crippen molar-refractivity contribution in [2.45, 2.75) is 5.16 Å². The van der Waals surface area contributed by atoms with Gasteiger partial charge in [-0.3, -0.25) is 9.89 Å². The van der Waals surface area contributed by atoms with E-state index in [0.29, 0.717) is 11.0 Å². The standard InChI is InChI=1S/C8H7N5O2S/c14-6(15)4-16-8-11-7(12-13-8)5-1-2-9-10-3-5/h1-3H,4H2,(H,14,15)(H,11,12,13). The Balaban J connectivity index is 2.11. The van der Waals surface area contributed by atoms with Gasteiger partial charge in [0, 0.05) is 5.56 Å². The Morgan fingerprint density at radius 2 is 2.38 bits per heavy atom. The minimum Gasteiger partial charge on any atom is -0.481 e. The van der Waals surface area contributed by atoms with E-state index in [0.717, 1.165) is 17.3 Å².